The molecule has 0 amide bonds. The molecule has 0 aliphatic carbocycles. The van der Waals surface area contributed by atoms with Crippen molar-refractivity contribution in [3.05, 3.63) is 46.8 Å². The lowest BCUT2D eigenvalue weighted by atomic mass is 10.0. The van der Waals surface area contributed by atoms with E-state index in [1.54, 1.807) is 6.08 Å². The molecule has 0 spiro atoms. The molecule has 0 atom stereocenters. The van der Waals surface area contributed by atoms with Crippen LogP contribution >= 0.6 is 0 Å². The molecule has 2 aromatic rings. The minimum absolute atomic E-state index is 0.0169. The Kier molecular flexibility index (Phi) is 4.88. The topological polar surface area (TPSA) is 140 Å². The number of nitriles is 3. The second-order valence-corrected chi connectivity index (χ2v) is 5.39. The van der Waals surface area contributed by atoms with E-state index in [1.165, 1.54) is 0 Å². The van der Waals surface area contributed by atoms with Gasteiger partial charge in [-0.15, -0.1) is 0 Å². The van der Waals surface area contributed by atoms with Crippen molar-refractivity contribution in [3.8, 4) is 18.2 Å². The SMILES string of the molecule is CN(C)c1ccc(C=C(C#N)c2nc(C#N)c(N)c(C#N)c2N)cc1. The molecule has 1 aromatic heterocycles. The third-order valence-corrected chi connectivity index (χ3v) is 3.59. The molecular weight excluding hydrogens is 314 g/mol. The standard InChI is InChI=1S/C18H15N7/c1-25(2)13-5-3-11(4-6-13)7-12(8-19)18-17(23)14(9-20)16(22)15(10-21)24-18/h3-7H,22-23H2,1-2H3. The van der Waals surface area contributed by atoms with Crippen LogP contribution in [0.5, 0.6) is 0 Å². The predicted molar refractivity (Wildman–Crippen MR) is 96.7 cm³/mol. The molecule has 7 heteroatoms. The van der Waals surface area contributed by atoms with Crippen LogP contribution in [0.25, 0.3) is 11.6 Å². The first-order valence-corrected chi connectivity index (χ1v) is 7.21. The number of benzene rings is 1. The van der Waals surface area contributed by atoms with Crippen LogP contribution < -0.4 is 16.4 Å². The van der Waals surface area contributed by atoms with Crippen molar-refractivity contribution in [1.82, 2.24) is 4.98 Å². The number of hydrogen-bond acceptors (Lipinski definition) is 7. The molecule has 7 nitrogen and oxygen atoms in total. The molecule has 0 radical (unpaired) electrons. The third-order valence-electron chi connectivity index (χ3n) is 3.59. The van der Waals surface area contributed by atoms with Crippen molar-refractivity contribution in [2.24, 2.45) is 0 Å². The molecule has 4 N–H and O–H groups in total. The fraction of sp³-hybridized carbons (Fsp3) is 0.111. The van der Waals surface area contributed by atoms with Gasteiger partial charge in [0, 0.05) is 19.8 Å². The molecule has 0 aliphatic rings. The van der Waals surface area contributed by atoms with E-state index < -0.39 is 0 Å². The quantitative estimate of drug-likeness (QED) is 0.822. The highest BCUT2D eigenvalue weighted by Crippen LogP contribution is 2.29. The molecule has 1 heterocycles. The summed E-state index contributed by atoms with van der Waals surface area (Å²) in [6, 6.07) is 13.2. The fourth-order valence-corrected chi connectivity index (χ4v) is 2.21. The summed E-state index contributed by atoms with van der Waals surface area (Å²) >= 11 is 0. The molecule has 0 fully saturated rings. The normalized spacial score (nSPS) is 10.4. The number of aromatic nitrogens is 1. The Morgan fingerprint density at radius 2 is 1.68 bits per heavy atom. The van der Waals surface area contributed by atoms with Gasteiger partial charge in [0.2, 0.25) is 0 Å². The highest BCUT2D eigenvalue weighted by atomic mass is 15.1. The highest BCUT2D eigenvalue weighted by molar-refractivity contribution is 5.94. The van der Waals surface area contributed by atoms with Gasteiger partial charge in [0.15, 0.2) is 5.69 Å². The maximum atomic E-state index is 9.49. The van der Waals surface area contributed by atoms with Crippen LogP contribution in [0, 0.1) is 34.0 Å². The van der Waals surface area contributed by atoms with E-state index in [-0.39, 0.29) is 33.9 Å². The van der Waals surface area contributed by atoms with Gasteiger partial charge in [0.25, 0.3) is 0 Å². The Morgan fingerprint density at radius 1 is 1.04 bits per heavy atom. The monoisotopic (exact) mass is 329 g/mol. The van der Waals surface area contributed by atoms with E-state index in [2.05, 4.69) is 4.98 Å². The number of nitrogens with two attached hydrogens (primary N) is 2. The molecule has 2 rings (SSSR count). The van der Waals surface area contributed by atoms with Crippen molar-refractivity contribution in [1.29, 1.82) is 15.8 Å². The number of hydrogen-bond donors (Lipinski definition) is 2. The maximum absolute atomic E-state index is 9.49. The smallest absolute Gasteiger partial charge is 0.165 e. The molecule has 0 bridgehead atoms. The second kappa shape index (κ2) is 7.04. The van der Waals surface area contributed by atoms with E-state index >= 15 is 0 Å². The number of allylic oxidation sites excluding steroid dienone is 1. The van der Waals surface area contributed by atoms with Crippen LogP contribution in [0.2, 0.25) is 0 Å². The van der Waals surface area contributed by atoms with Crippen LogP contribution in [0.4, 0.5) is 17.1 Å². The minimum Gasteiger partial charge on any atom is -0.396 e. The minimum atomic E-state index is -0.134. The number of anilines is 3. The summed E-state index contributed by atoms with van der Waals surface area (Å²) in [5, 5.41) is 27.8. The van der Waals surface area contributed by atoms with Crippen molar-refractivity contribution in [2.45, 2.75) is 0 Å². The first-order valence-electron chi connectivity index (χ1n) is 7.21. The Balaban J connectivity index is 2.61. The summed E-state index contributed by atoms with van der Waals surface area (Å²) in [5.41, 5.74) is 13.4. The van der Waals surface area contributed by atoms with Gasteiger partial charge in [0.1, 0.15) is 29.5 Å². The van der Waals surface area contributed by atoms with Gasteiger partial charge in [-0.1, -0.05) is 12.1 Å². The maximum Gasteiger partial charge on any atom is 0.165 e. The van der Waals surface area contributed by atoms with E-state index in [4.69, 9.17) is 16.7 Å². The van der Waals surface area contributed by atoms with Crippen molar-refractivity contribution < 1.29 is 0 Å². The van der Waals surface area contributed by atoms with Crippen LogP contribution in [0.1, 0.15) is 22.5 Å². The zero-order chi connectivity index (χ0) is 18.6. The Bertz CT molecular complexity index is 965. The predicted octanol–water partition coefficient (Wildman–Crippen LogP) is 2.12. The van der Waals surface area contributed by atoms with Gasteiger partial charge in [-0.05, 0) is 23.8 Å². The van der Waals surface area contributed by atoms with E-state index in [1.807, 2.05) is 61.5 Å². The molecule has 0 aliphatic heterocycles. The summed E-state index contributed by atoms with van der Waals surface area (Å²) in [4.78, 5) is 6.01. The lowest BCUT2D eigenvalue weighted by Crippen LogP contribution is -2.08. The Hall–Kier alpha value is -4.02. The lowest BCUT2D eigenvalue weighted by Gasteiger charge is -2.12. The van der Waals surface area contributed by atoms with Crippen molar-refractivity contribution in [3.63, 3.8) is 0 Å². The van der Waals surface area contributed by atoms with Crippen LogP contribution in [-0.2, 0) is 0 Å². The molecular formula is C18H15N7. The van der Waals surface area contributed by atoms with Crippen molar-refractivity contribution in [2.75, 3.05) is 30.5 Å². The highest BCUT2D eigenvalue weighted by Gasteiger charge is 2.18. The number of nitrogen functional groups attached to an aromatic ring is 2. The molecule has 0 saturated carbocycles. The zero-order valence-corrected chi connectivity index (χ0v) is 13.8. The van der Waals surface area contributed by atoms with E-state index in [0.29, 0.717) is 0 Å². The lowest BCUT2D eigenvalue weighted by molar-refractivity contribution is 1.13. The van der Waals surface area contributed by atoms with Crippen LogP contribution in [0.3, 0.4) is 0 Å². The summed E-state index contributed by atoms with van der Waals surface area (Å²) in [6.07, 6.45) is 1.59. The molecule has 1 aromatic carbocycles. The first-order chi connectivity index (χ1) is 11.9. The van der Waals surface area contributed by atoms with Gasteiger partial charge in [-0.25, -0.2) is 4.98 Å². The number of rotatable bonds is 3. The summed E-state index contributed by atoms with van der Waals surface area (Å²) in [7, 11) is 3.86. The van der Waals surface area contributed by atoms with Gasteiger partial charge in [-0.2, -0.15) is 15.8 Å². The first kappa shape index (κ1) is 17.3. The Labute approximate surface area is 145 Å². The van der Waals surface area contributed by atoms with Gasteiger partial charge in [0.05, 0.1) is 16.9 Å². The zero-order valence-electron chi connectivity index (χ0n) is 13.8. The Morgan fingerprint density at radius 3 is 2.16 bits per heavy atom. The van der Waals surface area contributed by atoms with E-state index in [0.717, 1.165) is 11.3 Å². The number of pyridine rings is 1. The fourth-order valence-electron chi connectivity index (χ4n) is 2.21. The molecule has 0 saturated heterocycles. The average molecular weight is 329 g/mol. The molecule has 122 valence electrons. The summed E-state index contributed by atoms with van der Waals surface area (Å²) < 4.78 is 0. The van der Waals surface area contributed by atoms with Crippen LogP contribution in [-0.4, -0.2) is 19.1 Å². The summed E-state index contributed by atoms with van der Waals surface area (Å²) in [6.45, 7) is 0. The third kappa shape index (κ3) is 3.34. The largest absolute Gasteiger partial charge is 0.396 e. The summed E-state index contributed by atoms with van der Waals surface area (Å²) in [5.74, 6) is 0. The van der Waals surface area contributed by atoms with Gasteiger partial charge >= 0.3 is 0 Å². The van der Waals surface area contributed by atoms with Crippen molar-refractivity contribution >= 4 is 28.7 Å². The number of nitrogens with zero attached hydrogens (tertiary/aromatic N) is 5. The van der Waals surface area contributed by atoms with E-state index in [9.17, 15) is 10.5 Å². The molecule has 25 heavy (non-hydrogen) atoms. The average Bonchev–Trinajstić information content (AvgIpc) is 2.61. The molecule has 0 unspecified atom stereocenters. The van der Waals surface area contributed by atoms with Gasteiger partial charge in [-0.3, -0.25) is 0 Å². The van der Waals surface area contributed by atoms with Crippen LogP contribution in [0.15, 0.2) is 24.3 Å². The second-order valence-electron chi connectivity index (χ2n) is 5.39. The van der Waals surface area contributed by atoms with Gasteiger partial charge < -0.3 is 16.4 Å².